The minimum absolute atomic E-state index is 0.0322. The minimum atomic E-state index is -5.25. The van der Waals surface area contributed by atoms with Gasteiger partial charge in [0.2, 0.25) is 15.9 Å². The molecule has 4 rings (SSSR count). The number of piperidine rings is 1. The fraction of sp³-hybridized carbons (Fsp3) is 0.355. The SMILES string of the molecule is COC(=O)COc1c(C(=O)OC)sc(-c2cccc(N(C(=O)C(F)(F)F)C3CCN(S(=O)(=O)Cc4ccccc4NC(C)=O)CC3)c2)c1Br. The number of sulfonamides is 1. The molecule has 0 bridgehead atoms. The largest absolute Gasteiger partial charge is 0.479 e. The number of hydrogen-bond acceptors (Lipinski definition) is 10. The first-order valence-corrected chi connectivity index (χ1v) is 17.7. The highest BCUT2D eigenvalue weighted by Crippen LogP contribution is 2.47. The maximum atomic E-state index is 14.0. The van der Waals surface area contributed by atoms with Gasteiger partial charge in [-0.25, -0.2) is 22.3 Å². The number of rotatable bonds is 11. The molecule has 18 heteroatoms. The highest BCUT2D eigenvalue weighted by atomic mass is 79.9. The molecule has 1 aromatic heterocycles. The molecule has 12 nitrogen and oxygen atoms in total. The van der Waals surface area contributed by atoms with Crippen LogP contribution in [0.15, 0.2) is 53.0 Å². The second kappa shape index (κ2) is 15.7. The summed E-state index contributed by atoms with van der Waals surface area (Å²) < 4.78 is 84.9. The summed E-state index contributed by atoms with van der Waals surface area (Å²) in [5.41, 5.74) is 0.876. The summed E-state index contributed by atoms with van der Waals surface area (Å²) in [7, 11) is -1.66. The Bertz CT molecular complexity index is 1840. The van der Waals surface area contributed by atoms with Gasteiger partial charge in [0, 0.05) is 37.4 Å². The third-order valence-electron chi connectivity index (χ3n) is 7.44. The number of esters is 2. The van der Waals surface area contributed by atoms with E-state index in [-0.39, 0.29) is 52.6 Å². The lowest BCUT2D eigenvalue weighted by Gasteiger charge is -2.38. The second-order valence-corrected chi connectivity index (χ2v) is 14.5. The Labute approximate surface area is 292 Å². The van der Waals surface area contributed by atoms with Gasteiger partial charge in [-0.1, -0.05) is 30.3 Å². The fourth-order valence-electron chi connectivity index (χ4n) is 5.18. The van der Waals surface area contributed by atoms with Crippen molar-refractivity contribution in [2.75, 3.05) is 44.1 Å². The molecule has 264 valence electrons. The first-order valence-electron chi connectivity index (χ1n) is 14.5. The van der Waals surface area contributed by atoms with Gasteiger partial charge < -0.3 is 24.4 Å². The highest BCUT2D eigenvalue weighted by Gasteiger charge is 2.46. The van der Waals surface area contributed by atoms with Crippen molar-refractivity contribution < 1.29 is 55.0 Å². The van der Waals surface area contributed by atoms with Crippen molar-refractivity contribution in [3.63, 3.8) is 0 Å². The number of para-hydroxylation sites is 1. The molecule has 1 aliphatic heterocycles. The Morgan fingerprint density at radius 3 is 2.33 bits per heavy atom. The molecule has 2 heterocycles. The highest BCUT2D eigenvalue weighted by molar-refractivity contribution is 9.10. The van der Waals surface area contributed by atoms with E-state index in [1.165, 1.54) is 25.1 Å². The van der Waals surface area contributed by atoms with E-state index in [0.29, 0.717) is 26.6 Å². The number of carbonyl (C=O) groups excluding carboxylic acids is 4. The van der Waals surface area contributed by atoms with Crippen LogP contribution in [-0.4, -0.2) is 82.6 Å². The van der Waals surface area contributed by atoms with Crippen LogP contribution < -0.4 is 15.0 Å². The predicted octanol–water partition coefficient (Wildman–Crippen LogP) is 5.36. The van der Waals surface area contributed by atoms with E-state index >= 15 is 0 Å². The van der Waals surface area contributed by atoms with Gasteiger partial charge in [0.15, 0.2) is 17.2 Å². The van der Waals surface area contributed by atoms with E-state index in [9.17, 15) is 40.8 Å². The number of anilines is 2. The molecule has 1 fully saturated rings. The van der Waals surface area contributed by atoms with Crippen LogP contribution in [0.4, 0.5) is 24.5 Å². The summed E-state index contributed by atoms with van der Waals surface area (Å²) >= 11 is 4.24. The van der Waals surface area contributed by atoms with Crippen molar-refractivity contribution in [3.8, 4) is 16.2 Å². The maximum absolute atomic E-state index is 14.0. The molecular formula is C31H31BrF3N3O9S2. The zero-order valence-electron chi connectivity index (χ0n) is 26.3. The van der Waals surface area contributed by atoms with Crippen LogP contribution in [0, 0.1) is 0 Å². The monoisotopic (exact) mass is 789 g/mol. The average molecular weight is 791 g/mol. The number of methoxy groups -OCH3 is 2. The number of amides is 2. The first kappa shape index (κ1) is 37.8. The minimum Gasteiger partial charge on any atom is -0.479 e. The Balaban J connectivity index is 1.63. The molecule has 0 saturated carbocycles. The van der Waals surface area contributed by atoms with Crippen molar-refractivity contribution in [2.45, 2.75) is 37.7 Å². The van der Waals surface area contributed by atoms with Crippen LogP contribution in [0.1, 0.15) is 35.0 Å². The molecule has 2 amide bonds. The van der Waals surface area contributed by atoms with Crippen molar-refractivity contribution in [2.24, 2.45) is 0 Å². The summed E-state index contributed by atoms with van der Waals surface area (Å²) in [6, 6.07) is 11.0. The summed E-state index contributed by atoms with van der Waals surface area (Å²) in [5, 5.41) is 2.59. The number of benzene rings is 2. The number of halogens is 4. The van der Waals surface area contributed by atoms with E-state index in [0.717, 1.165) is 29.9 Å². The summed E-state index contributed by atoms with van der Waals surface area (Å²) in [5.74, 6) is -4.52. The van der Waals surface area contributed by atoms with E-state index < -0.39 is 52.4 Å². The third-order valence-corrected chi connectivity index (χ3v) is 11.5. The molecule has 0 unspecified atom stereocenters. The quantitative estimate of drug-likeness (QED) is 0.254. The van der Waals surface area contributed by atoms with Crippen LogP contribution in [-0.2, 0) is 39.6 Å². The van der Waals surface area contributed by atoms with Crippen molar-refractivity contribution in [3.05, 3.63) is 63.4 Å². The second-order valence-electron chi connectivity index (χ2n) is 10.7. The van der Waals surface area contributed by atoms with Crippen LogP contribution in [0.3, 0.4) is 0 Å². The normalized spacial score (nSPS) is 14.2. The fourth-order valence-corrected chi connectivity index (χ4v) is 8.74. The van der Waals surface area contributed by atoms with Gasteiger partial charge >= 0.3 is 24.0 Å². The molecule has 2 aromatic carbocycles. The number of hydrogen-bond donors (Lipinski definition) is 1. The van der Waals surface area contributed by atoms with Gasteiger partial charge in [0.1, 0.15) is 0 Å². The lowest BCUT2D eigenvalue weighted by molar-refractivity contribution is -0.171. The maximum Gasteiger partial charge on any atom is 0.471 e. The Kier molecular flexibility index (Phi) is 12.1. The van der Waals surface area contributed by atoms with Gasteiger partial charge in [0.25, 0.3) is 0 Å². The first-order chi connectivity index (χ1) is 23.1. The van der Waals surface area contributed by atoms with Crippen LogP contribution >= 0.6 is 27.3 Å². The number of nitrogens with one attached hydrogen (secondary N) is 1. The Morgan fingerprint density at radius 1 is 1.04 bits per heavy atom. The number of carbonyl (C=O) groups is 4. The Morgan fingerprint density at radius 2 is 1.71 bits per heavy atom. The smallest absolute Gasteiger partial charge is 0.471 e. The lowest BCUT2D eigenvalue weighted by Crippen LogP contribution is -2.52. The van der Waals surface area contributed by atoms with Gasteiger partial charge in [-0.3, -0.25) is 9.59 Å². The van der Waals surface area contributed by atoms with Gasteiger partial charge in [0.05, 0.1) is 29.3 Å². The van der Waals surface area contributed by atoms with Crippen molar-refractivity contribution in [1.29, 1.82) is 0 Å². The molecule has 0 atom stereocenters. The van der Waals surface area contributed by atoms with E-state index in [4.69, 9.17) is 9.47 Å². The molecule has 1 N–H and O–H groups in total. The van der Waals surface area contributed by atoms with Crippen LogP contribution in [0.5, 0.6) is 5.75 Å². The molecule has 49 heavy (non-hydrogen) atoms. The van der Waals surface area contributed by atoms with E-state index in [1.807, 2.05) is 0 Å². The standard InChI is InChI=1S/C31H31BrF3N3O9S2/c1-18(39)36-23-10-5-4-7-20(23)17-49(43,44)37-13-11-21(12-14-37)38(30(42)31(33,34)35)22-9-6-8-19(15-22)27-25(32)26(47-16-24(40)45-2)28(48-27)29(41)46-3/h4-10,15,21H,11-14,16-17H2,1-3H3,(H,36,39). The molecule has 1 aliphatic rings. The summed E-state index contributed by atoms with van der Waals surface area (Å²) in [4.78, 5) is 49.6. The van der Waals surface area contributed by atoms with Crippen LogP contribution in [0.2, 0.25) is 0 Å². The number of alkyl halides is 3. The van der Waals surface area contributed by atoms with Gasteiger partial charge in [-0.2, -0.15) is 13.2 Å². The molecule has 0 aliphatic carbocycles. The van der Waals surface area contributed by atoms with Crippen LogP contribution in [0.25, 0.3) is 10.4 Å². The van der Waals surface area contributed by atoms with Crippen molar-refractivity contribution in [1.82, 2.24) is 4.31 Å². The van der Waals surface area contributed by atoms with E-state index in [2.05, 4.69) is 26.0 Å². The van der Waals surface area contributed by atoms with E-state index in [1.54, 1.807) is 30.3 Å². The topological polar surface area (TPSA) is 149 Å². The van der Waals surface area contributed by atoms with Gasteiger partial charge in [-0.05, 0) is 58.1 Å². The zero-order valence-corrected chi connectivity index (χ0v) is 29.6. The molecule has 3 aromatic rings. The number of ether oxygens (including phenoxy) is 3. The van der Waals surface area contributed by atoms with Crippen molar-refractivity contribution >= 4 is 72.4 Å². The molecule has 1 saturated heterocycles. The third kappa shape index (κ3) is 8.97. The predicted molar refractivity (Wildman–Crippen MR) is 178 cm³/mol. The lowest BCUT2D eigenvalue weighted by atomic mass is 10.0. The summed E-state index contributed by atoms with van der Waals surface area (Å²) in [6.07, 6.45) is -5.44. The Hall–Kier alpha value is -4.00. The summed E-state index contributed by atoms with van der Waals surface area (Å²) in [6.45, 7) is 0.435. The molecular weight excluding hydrogens is 759 g/mol. The number of nitrogens with zero attached hydrogens (tertiary/aromatic N) is 2. The van der Waals surface area contributed by atoms with Gasteiger partial charge in [-0.15, -0.1) is 11.3 Å². The average Bonchev–Trinajstić information content (AvgIpc) is 3.39. The molecule has 0 spiro atoms. The zero-order chi connectivity index (χ0) is 36.1. The number of thiophene rings is 1. The molecule has 0 radical (unpaired) electrons.